The first-order valence-electron chi connectivity index (χ1n) is 5.44. The van der Waals surface area contributed by atoms with Crippen molar-refractivity contribution < 1.29 is 4.39 Å². The molecule has 1 aliphatic carbocycles. The van der Waals surface area contributed by atoms with Gasteiger partial charge in [0.2, 0.25) is 0 Å². The van der Waals surface area contributed by atoms with Gasteiger partial charge in [-0.3, -0.25) is 0 Å². The molecule has 78 valence electrons. The van der Waals surface area contributed by atoms with E-state index in [4.69, 9.17) is 5.73 Å². The number of halogens is 1. The molecule has 0 aromatic rings. The van der Waals surface area contributed by atoms with Crippen LogP contribution in [0.25, 0.3) is 0 Å². The molecule has 1 unspecified atom stereocenters. The van der Waals surface area contributed by atoms with Crippen LogP contribution in [0.4, 0.5) is 4.39 Å². The number of alkyl halides is 1. The van der Waals surface area contributed by atoms with Crippen molar-refractivity contribution in [1.82, 2.24) is 0 Å². The summed E-state index contributed by atoms with van der Waals surface area (Å²) in [7, 11) is 0. The summed E-state index contributed by atoms with van der Waals surface area (Å²) in [5, 5.41) is 0. The molecule has 0 aromatic carbocycles. The molecule has 0 amide bonds. The Hall–Kier alpha value is -0.110. The number of hydrogen-bond donors (Lipinski definition) is 1. The summed E-state index contributed by atoms with van der Waals surface area (Å²) < 4.78 is 13.8. The van der Waals surface area contributed by atoms with Crippen LogP contribution in [0.2, 0.25) is 0 Å². The maximum absolute atomic E-state index is 13.8. The third-order valence-electron chi connectivity index (χ3n) is 3.33. The van der Waals surface area contributed by atoms with Gasteiger partial charge in [0.15, 0.2) is 0 Å². The molecular weight excluding hydrogens is 165 g/mol. The highest BCUT2D eigenvalue weighted by Gasteiger charge is 2.36. The summed E-state index contributed by atoms with van der Waals surface area (Å²) >= 11 is 0. The normalized spacial score (nSPS) is 22.2. The van der Waals surface area contributed by atoms with Gasteiger partial charge < -0.3 is 5.73 Å². The molecule has 0 radical (unpaired) electrons. The van der Waals surface area contributed by atoms with Crippen molar-refractivity contribution in [2.75, 3.05) is 6.54 Å². The van der Waals surface area contributed by atoms with Crippen LogP contribution in [0.5, 0.6) is 0 Å². The molecule has 1 aliphatic rings. The summed E-state index contributed by atoms with van der Waals surface area (Å²) in [6.45, 7) is 4.02. The summed E-state index contributed by atoms with van der Waals surface area (Å²) in [4.78, 5) is 0. The molecule has 13 heavy (non-hydrogen) atoms. The van der Waals surface area contributed by atoms with E-state index in [9.17, 15) is 4.39 Å². The monoisotopic (exact) mass is 187 g/mol. The first kappa shape index (κ1) is 11.0. The van der Waals surface area contributed by atoms with E-state index in [1.54, 1.807) is 13.8 Å². The minimum atomic E-state index is -1.05. The first-order chi connectivity index (χ1) is 6.05. The second-order valence-electron chi connectivity index (χ2n) is 4.79. The van der Waals surface area contributed by atoms with Gasteiger partial charge in [-0.15, -0.1) is 0 Å². The number of nitrogens with two attached hydrogens (primary N) is 1. The molecule has 1 rings (SSSR count). The van der Waals surface area contributed by atoms with Gasteiger partial charge in [-0.2, -0.15) is 0 Å². The van der Waals surface area contributed by atoms with Crippen LogP contribution in [-0.4, -0.2) is 12.2 Å². The lowest BCUT2D eigenvalue weighted by Crippen LogP contribution is -2.33. The van der Waals surface area contributed by atoms with Gasteiger partial charge in [0, 0.05) is 0 Å². The second kappa shape index (κ2) is 4.41. The average Bonchev–Trinajstić information content (AvgIpc) is 2.49. The highest BCUT2D eigenvalue weighted by Crippen LogP contribution is 2.40. The second-order valence-corrected chi connectivity index (χ2v) is 4.79. The molecule has 0 saturated heterocycles. The molecule has 1 saturated carbocycles. The van der Waals surface area contributed by atoms with E-state index in [0.717, 1.165) is 6.42 Å². The van der Waals surface area contributed by atoms with Gasteiger partial charge in [0.1, 0.15) is 5.67 Å². The Kier molecular flexibility index (Phi) is 3.72. The van der Waals surface area contributed by atoms with Crippen molar-refractivity contribution in [3.63, 3.8) is 0 Å². The van der Waals surface area contributed by atoms with E-state index in [1.807, 2.05) is 0 Å². The third kappa shape index (κ3) is 2.94. The molecule has 0 bridgehead atoms. The van der Waals surface area contributed by atoms with E-state index in [-0.39, 0.29) is 5.92 Å². The van der Waals surface area contributed by atoms with E-state index >= 15 is 0 Å². The van der Waals surface area contributed by atoms with E-state index in [1.165, 1.54) is 25.7 Å². The average molecular weight is 187 g/mol. The van der Waals surface area contributed by atoms with Gasteiger partial charge in [0.25, 0.3) is 0 Å². The molecule has 2 N–H and O–H groups in total. The van der Waals surface area contributed by atoms with Gasteiger partial charge in [-0.05, 0) is 38.6 Å². The van der Waals surface area contributed by atoms with Crippen molar-refractivity contribution in [2.45, 2.75) is 51.6 Å². The van der Waals surface area contributed by atoms with Crippen molar-refractivity contribution in [3.8, 4) is 0 Å². The number of hydrogen-bond acceptors (Lipinski definition) is 1. The fourth-order valence-corrected chi connectivity index (χ4v) is 2.68. The van der Waals surface area contributed by atoms with Crippen molar-refractivity contribution in [2.24, 2.45) is 17.6 Å². The van der Waals surface area contributed by atoms with Crippen molar-refractivity contribution >= 4 is 0 Å². The summed E-state index contributed by atoms with van der Waals surface area (Å²) in [5.74, 6) is 0.767. The third-order valence-corrected chi connectivity index (χ3v) is 3.33. The van der Waals surface area contributed by atoms with Crippen LogP contribution in [0, 0.1) is 11.8 Å². The molecule has 1 atom stereocenters. The van der Waals surface area contributed by atoms with Gasteiger partial charge in [-0.1, -0.05) is 25.7 Å². The molecule has 1 nitrogen and oxygen atoms in total. The quantitative estimate of drug-likeness (QED) is 0.719. The molecule has 0 aromatic heterocycles. The molecule has 0 heterocycles. The molecule has 0 spiro atoms. The SMILES string of the molecule is CC(C)(F)C(CCN)C1CCCC1. The number of rotatable bonds is 4. The largest absolute Gasteiger partial charge is 0.330 e. The Bertz CT molecular complexity index is 145. The van der Waals surface area contributed by atoms with Crippen LogP contribution in [0.1, 0.15) is 46.0 Å². The zero-order valence-electron chi connectivity index (χ0n) is 8.85. The summed E-state index contributed by atoms with van der Waals surface area (Å²) in [5.41, 5.74) is 4.48. The molecule has 2 heteroatoms. The minimum Gasteiger partial charge on any atom is -0.330 e. The van der Waals surface area contributed by atoms with Gasteiger partial charge in [0.05, 0.1) is 0 Å². The van der Waals surface area contributed by atoms with E-state index in [2.05, 4.69) is 0 Å². The fourth-order valence-electron chi connectivity index (χ4n) is 2.68. The lowest BCUT2D eigenvalue weighted by Gasteiger charge is -2.31. The van der Waals surface area contributed by atoms with Crippen LogP contribution < -0.4 is 5.73 Å². The summed E-state index contributed by atoms with van der Waals surface area (Å²) in [6, 6.07) is 0. The standard InChI is InChI=1S/C11H22FN/c1-11(2,12)10(7-8-13)9-5-3-4-6-9/h9-10H,3-8,13H2,1-2H3. The Morgan fingerprint density at radius 1 is 1.38 bits per heavy atom. The van der Waals surface area contributed by atoms with E-state index < -0.39 is 5.67 Å². The Balaban J connectivity index is 2.55. The van der Waals surface area contributed by atoms with E-state index in [0.29, 0.717) is 12.5 Å². The molecule has 0 aliphatic heterocycles. The fraction of sp³-hybridized carbons (Fsp3) is 1.00. The highest BCUT2D eigenvalue weighted by molar-refractivity contribution is 4.86. The van der Waals surface area contributed by atoms with Crippen molar-refractivity contribution in [3.05, 3.63) is 0 Å². The zero-order valence-corrected chi connectivity index (χ0v) is 8.85. The Morgan fingerprint density at radius 3 is 2.31 bits per heavy atom. The highest BCUT2D eigenvalue weighted by atomic mass is 19.1. The predicted octanol–water partition coefficient (Wildman–Crippen LogP) is 2.89. The minimum absolute atomic E-state index is 0.181. The topological polar surface area (TPSA) is 26.0 Å². The first-order valence-corrected chi connectivity index (χ1v) is 5.44. The summed E-state index contributed by atoms with van der Waals surface area (Å²) in [6.07, 6.45) is 5.81. The maximum Gasteiger partial charge on any atom is 0.108 e. The molecular formula is C11H22FN. The molecule has 1 fully saturated rings. The van der Waals surface area contributed by atoms with Crippen LogP contribution in [-0.2, 0) is 0 Å². The van der Waals surface area contributed by atoms with Gasteiger partial charge in [-0.25, -0.2) is 4.39 Å². The van der Waals surface area contributed by atoms with Crippen molar-refractivity contribution in [1.29, 1.82) is 0 Å². The maximum atomic E-state index is 13.8. The van der Waals surface area contributed by atoms with Crippen LogP contribution in [0.3, 0.4) is 0 Å². The lowest BCUT2D eigenvalue weighted by molar-refractivity contribution is 0.0749. The smallest absolute Gasteiger partial charge is 0.108 e. The van der Waals surface area contributed by atoms with Crippen LogP contribution >= 0.6 is 0 Å². The Labute approximate surface area is 80.9 Å². The lowest BCUT2D eigenvalue weighted by atomic mass is 9.78. The predicted molar refractivity (Wildman–Crippen MR) is 54.3 cm³/mol. The van der Waals surface area contributed by atoms with Crippen LogP contribution in [0.15, 0.2) is 0 Å². The van der Waals surface area contributed by atoms with Gasteiger partial charge >= 0.3 is 0 Å². The Morgan fingerprint density at radius 2 is 1.92 bits per heavy atom. The zero-order chi connectivity index (χ0) is 9.90.